The molecule has 0 saturated carbocycles. The van der Waals surface area contributed by atoms with Gasteiger partial charge in [-0.3, -0.25) is 14.8 Å². The Hall–Kier alpha value is -1.36. The summed E-state index contributed by atoms with van der Waals surface area (Å²) in [6.07, 6.45) is 4.13. The highest BCUT2D eigenvalue weighted by molar-refractivity contribution is 5.94. The number of hydrogen-bond donors (Lipinski definition) is 2. The van der Waals surface area contributed by atoms with Crippen LogP contribution in [0.2, 0.25) is 0 Å². The number of nitrogens with zero attached hydrogens (tertiary/aromatic N) is 2. The van der Waals surface area contributed by atoms with Crippen molar-refractivity contribution in [2.75, 3.05) is 19.6 Å². The van der Waals surface area contributed by atoms with Gasteiger partial charge in [-0.1, -0.05) is 0 Å². The summed E-state index contributed by atoms with van der Waals surface area (Å²) in [4.78, 5) is 14.3. The highest BCUT2D eigenvalue weighted by atomic mass is 16.1. The molecule has 0 aromatic carbocycles. The van der Waals surface area contributed by atoms with Crippen LogP contribution in [0.1, 0.15) is 35.8 Å². The van der Waals surface area contributed by atoms with Gasteiger partial charge in [-0.2, -0.15) is 5.10 Å². The minimum atomic E-state index is -0.0395. The fraction of sp³-hybridized carbons (Fsp3) is 0.667. The number of nitrogens with one attached hydrogen (secondary N) is 2. The average Bonchev–Trinajstić information content (AvgIpc) is 2.95. The maximum absolute atomic E-state index is 11.9. The van der Waals surface area contributed by atoms with E-state index in [1.54, 1.807) is 6.20 Å². The molecule has 2 N–H and O–H groups in total. The van der Waals surface area contributed by atoms with Crippen molar-refractivity contribution in [2.45, 2.75) is 32.7 Å². The summed E-state index contributed by atoms with van der Waals surface area (Å²) in [7, 11) is 0. The normalized spacial score (nSPS) is 18.2. The first-order chi connectivity index (χ1) is 8.18. The Labute approximate surface area is 102 Å². The molecule has 1 aromatic rings. The van der Waals surface area contributed by atoms with Gasteiger partial charge in [0.2, 0.25) is 0 Å². The lowest BCUT2D eigenvalue weighted by molar-refractivity contribution is 0.0940. The lowest BCUT2D eigenvalue weighted by Crippen LogP contribution is -2.40. The van der Waals surface area contributed by atoms with Crippen molar-refractivity contribution in [3.05, 3.63) is 17.5 Å². The molecule has 2 rings (SSSR count). The van der Waals surface area contributed by atoms with Gasteiger partial charge in [-0.05, 0) is 39.8 Å². The highest BCUT2D eigenvalue weighted by Gasteiger charge is 2.19. The zero-order valence-electron chi connectivity index (χ0n) is 10.5. The molecule has 0 spiro atoms. The van der Waals surface area contributed by atoms with Gasteiger partial charge in [0.1, 0.15) is 0 Å². The predicted molar refractivity (Wildman–Crippen MR) is 65.9 cm³/mol. The number of hydrogen-bond acceptors (Lipinski definition) is 3. The van der Waals surface area contributed by atoms with Crippen LogP contribution in [-0.4, -0.2) is 46.7 Å². The second kappa shape index (κ2) is 5.31. The van der Waals surface area contributed by atoms with Crippen LogP contribution in [0.5, 0.6) is 0 Å². The van der Waals surface area contributed by atoms with Crippen LogP contribution < -0.4 is 5.32 Å². The van der Waals surface area contributed by atoms with E-state index in [2.05, 4.69) is 27.3 Å². The quantitative estimate of drug-likeness (QED) is 0.817. The Morgan fingerprint density at radius 1 is 1.59 bits per heavy atom. The van der Waals surface area contributed by atoms with Gasteiger partial charge in [0, 0.05) is 18.3 Å². The molecule has 0 bridgehead atoms. The van der Waals surface area contributed by atoms with Gasteiger partial charge in [-0.25, -0.2) is 0 Å². The van der Waals surface area contributed by atoms with E-state index in [-0.39, 0.29) is 5.91 Å². The van der Waals surface area contributed by atoms with Crippen LogP contribution in [0.4, 0.5) is 0 Å². The lowest BCUT2D eigenvalue weighted by Gasteiger charge is -2.23. The molecule has 1 atom stereocenters. The van der Waals surface area contributed by atoms with E-state index in [0.717, 1.165) is 18.8 Å². The minimum Gasteiger partial charge on any atom is -0.350 e. The maximum Gasteiger partial charge on any atom is 0.254 e. The molecular formula is C12H20N4O. The lowest BCUT2D eigenvalue weighted by atomic mass is 10.2. The number of aromatic nitrogens is 2. The standard InChI is InChI=1S/C12H20N4O/c1-9(16-5-3-4-6-16)7-13-12(17)11-8-14-15-10(11)2/h8-9H,3-7H2,1-2H3,(H,13,17)(H,14,15). The maximum atomic E-state index is 11.9. The van der Waals surface area contributed by atoms with E-state index in [1.165, 1.54) is 12.8 Å². The van der Waals surface area contributed by atoms with E-state index in [0.29, 0.717) is 18.2 Å². The Bertz CT molecular complexity index is 382. The van der Waals surface area contributed by atoms with E-state index in [4.69, 9.17) is 0 Å². The molecule has 2 heterocycles. The van der Waals surface area contributed by atoms with Gasteiger partial charge in [0.05, 0.1) is 11.8 Å². The summed E-state index contributed by atoms with van der Waals surface area (Å²) < 4.78 is 0. The van der Waals surface area contributed by atoms with Crippen molar-refractivity contribution in [1.82, 2.24) is 20.4 Å². The molecule has 1 saturated heterocycles. The van der Waals surface area contributed by atoms with Crippen molar-refractivity contribution < 1.29 is 4.79 Å². The van der Waals surface area contributed by atoms with E-state index >= 15 is 0 Å². The van der Waals surface area contributed by atoms with Crippen molar-refractivity contribution in [2.24, 2.45) is 0 Å². The molecule has 0 aliphatic carbocycles. The molecule has 94 valence electrons. The fourth-order valence-electron chi connectivity index (χ4n) is 2.23. The third-order valence-corrected chi connectivity index (χ3v) is 3.40. The molecular weight excluding hydrogens is 216 g/mol. The van der Waals surface area contributed by atoms with Gasteiger partial charge in [-0.15, -0.1) is 0 Å². The van der Waals surface area contributed by atoms with Crippen LogP contribution in [0.3, 0.4) is 0 Å². The third kappa shape index (κ3) is 2.85. The Kier molecular flexibility index (Phi) is 3.78. The molecule has 1 aliphatic rings. The van der Waals surface area contributed by atoms with Crippen molar-refractivity contribution in [1.29, 1.82) is 0 Å². The van der Waals surface area contributed by atoms with Crippen LogP contribution >= 0.6 is 0 Å². The molecule has 1 amide bonds. The van der Waals surface area contributed by atoms with E-state index in [1.807, 2.05) is 6.92 Å². The Balaban J connectivity index is 1.82. The summed E-state index contributed by atoms with van der Waals surface area (Å²) in [5.74, 6) is -0.0395. The van der Waals surface area contributed by atoms with E-state index in [9.17, 15) is 4.79 Å². The smallest absolute Gasteiger partial charge is 0.254 e. The first-order valence-electron chi connectivity index (χ1n) is 6.20. The second-order valence-corrected chi connectivity index (χ2v) is 4.71. The summed E-state index contributed by atoms with van der Waals surface area (Å²) in [5, 5.41) is 9.58. The number of H-pyrrole nitrogens is 1. The van der Waals surface area contributed by atoms with Crippen LogP contribution in [0.25, 0.3) is 0 Å². The van der Waals surface area contributed by atoms with Gasteiger partial charge in [0.15, 0.2) is 0 Å². The molecule has 17 heavy (non-hydrogen) atoms. The van der Waals surface area contributed by atoms with E-state index < -0.39 is 0 Å². The zero-order valence-corrected chi connectivity index (χ0v) is 10.5. The largest absolute Gasteiger partial charge is 0.350 e. The summed E-state index contributed by atoms with van der Waals surface area (Å²) in [6.45, 7) is 7.02. The monoisotopic (exact) mass is 236 g/mol. The average molecular weight is 236 g/mol. The number of likely N-dealkylation sites (tertiary alicyclic amines) is 1. The highest BCUT2D eigenvalue weighted by Crippen LogP contribution is 2.11. The molecule has 1 aromatic heterocycles. The Morgan fingerprint density at radius 3 is 2.88 bits per heavy atom. The summed E-state index contributed by atoms with van der Waals surface area (Å²) in [6, 6.07) is 0.411. The summed E-state index contributed by atoms with van der Waals surface area (Å²) >= 11 is 0. The molecule has 1 unspecified atom stereocenters. The molecule has 0 radical (unpaired) electrons. The SMILES string of the molecule is Cc1[nH]ncc1C(=O)NCC(C)N1CCCC1. The number of rotatable bonds is 4. The van der Waals surface area contributed by atoms with Crippen LogP contribution in [0, 0.1) is 6.92 Å². The topological polar surface area (TPSA) is 61.0 Å². The van der Waals surface area contributed by atoms with Crippen molar-refractivity contribution in [3.63, 3.8) is 0 Å². The molecule has 5 nitrogen and oxygen atoms in total. The minimum absolute atomic E-state index is 0.0395. The second-order valence-electron chi connectivity index (χ2n) is 4.71. The molecule has 1 fully saturated rings. The number of aryl methyl sites for hydroxylation is 1. The summed E-state index contributed by atoms with van der Waals surface area (Å²) in [5.41, 5.74) is 1.45. The Morgan fingerprint density at radius 2 is 2.29 bits per heavy atom. The third-order valence-electron chi connectivity index (χ3n) is 3.40. The van der Waals surface area contributed by atoms with Gasteiger partial charge < -0.3 is 5.32 Å². The number of amides is 1. The zero-order chi connectivity index (χ0) is 12.3. The molecule has 5 heteroatoms. The number of aromatic amines is 1. The van der Waals surface area contributed by atoms with Gasteiger partial charge >= 0.3 is 0 Å². The van der Waals surface area contributed by atoms with Crippen molar-refractivity contribution >= 4 is 5.91 Å². The number of carbonyl (C=O) groups is 1. The first-order valence-corrected chi connectivity index (χ1v) is 6.20. The van der Waals surface area contributed by atoms with Crippen molar-refractivity contribution in [3.8, 4) is 0 Å². The van der Waals surface area contributed by atoms with Crippen LogP contribution in [0.15, 0.2) is 6.20 Å². The predicted octanol–water partition coefficient (Wildman–Crippen LogP) is 0.932. The first kappa shape index (κ1) is 12.1. The molecule has 1 aliphatic heterocycles. The fourth-order valence-corrected chi connectivity index (χ4v) is 2.23. The van der Waals surface area contributed by atoms with Gasteiger partial charge in [0.25, 0.3) is 5.91 Å². The van der Waals surface area contributed by atoms with Crippen LogP contribution in [-0.2, 0) is 0 Å². The number of carbonyl (C=O) groups excluding carboxylic acids is 1.